The summed E-state index contributed by atoms with van der Waals surface area (Å²) >= 11 is 1.45. The second-order valence-electron chi connectivity index (χ2n) is 20.0. The molecule has 1 aliphatic carbocycles. The van der Waals surface area contributed by atoms with Gasteiger partial charge in [0.2, 0.25) is 5.91 Å². The summed E-state index contributed by atoms with van der Waals surface area (Å²) in [4.78, 5) is 74.5. The average Bonchev–Trinajstić information content (AvgIpc) is 4.10. The third kappa shape index (κ3) is 10.2. The molecule has 16 nitrogen and oxygen atoms in total. The van der Waals surface area contributed by atoms with Crippen molar-refractivity contribution in [1.29, 1.82) is 0 Å². The summed E-state index contributed by atoms with van der Waals surface area (Å²) < 4.78 is 14.6. The fourth-order valence-corrected chi connectivity index (χ4v) is 11.4. The van der Waals surface area contributed by atoms with E-state index >= 15 is 0 Å². The number of nitrogens with one attached hydrogen (secondary N) is 2. The molecule has 8 rings (SSSR count). The molecule has 0 spiro atoms. The Morgan fingerprint density at radius 2 is 1.79 bits per heavy atom. The maximum atomic E-state index is 14.7. The second-order valence-corrected chi connectivity index (χ2v) is 21.0. The van der Waals surface area contributed by atoms with Gasteiger partial charge in [0.15, 0.2) is 0 Å². The molecule has 3 fully saturated rings. The quantitative estimate of drug-likeness (QED) is 0.186. The Kier molecular flexibility index (Phi) is 14.6. The maximum Gasteiger partial charge on any atom is 0.324 e. The van der Waals surface area contributed by atoms with Crippen molar-refractivity contribution in [2.75, 3.05) is 79.5 Å². The van der Waals surface area contributed by atoms with Gasteiger partial charge in [0.25, 0.3) is 5.91 Å². The number of methoxy groups -OCH3 is 1. The molecule has 2 saturated heterocycles. The van der Waals surface area contributed by atoms with Crippen molar-refractivity contribution in [3.05, 3.63) is 52.1 Å². The smallest absolute Gasteiger partial charge is 0.324 e. The summed E-state index contributed by atoms with van der Waals surface area (Å²) in [5.74, 6) is -1.22. The van der Waals surface area contributed by atoms with Crippen LogP contribution in [0.15, 0.2) is 35.8 Å². The molecular formula is C50H70N10O6S. The molecule has 2 N–H and O–H groups in total. The third-order valence-corrected chi connectivity index (χ3v) is 15.2. The van der Waals surface area contributed by atoms with Crippen molar-refractivity contribution in [3.63, 3.8) is 0 Å². The highest BCUT2D eigenvalue weighted by molar-refractivity contribution is 7.10. The SMILES string of the molecule is CCn1c(-c2cc(N3CCN(C)CC3)cnc2[C@H](C)OC)c2c3cc(ccc31)-c1csc(n1)C[C@H](NC(=O)[C@H](C1CCCC1)N(C)C(=O)N(C)C)C(=O)N1CCC[C@H](N1)C(=O)OCC(C)(C)C2. The molecule has 4 aromatic rings. The molecule has 1 aromatic carbocycles. The lowest BCUT2D eigenvalue weighted by molar-refractivity contribution is -0.155. The van der Waals surface area contributed by atoms with Crippen molar-refractivity contribution < 1.29 is 28.7 Å². The van der Waals surface area contributed by atoms with Crippen LogP contribution in [0.2, 0.25) is 0 Å². The van der Waals surface area contributed by atoms with Crippen LogP contribution in [0.5, 0.6) is 0 Å². The van der Waals surface area contributed by atoms with E-state index in [1.807, 2.05) is 18.5 Å². The summed E-state index contributed by atoms with van der Waals surface area (Å²) in [6.45, 7) is 13.4. The zero-order valence-electron chi connectivity index (χ0n) is 40.9. The fourth-order valence-electron chi connectivity index (χ4n) is 10.5. The van der Waals surface area contributed by atoms with Gasteiger partial charge in [-0.3, -0.25) is 24.4 Å². The minimum absolute atomic E-state index is 0.0405. The predicted octanol–water partition coefficient (Wildman–Crippen LogP) is 6.13. The normalized spacial score (nSPS) is 21.7. The number of hydrogen-bond donors (Lipinski definition) is 2. The number of cyclic esters (lactones) is 1. The van der Waals surface area contributed by atoms with E-state index in [9.17, 15) is 19.2 Å². The van der Waals surface area contributed by atoms with Gasteiger partial charge >= 0.3 is 12.0 Å². The standard InChI is InChI=1S/C50H70N10O6S/c1-10-59-41-18-17-33-24-35(41)37(45(59)36-25-34(28-51-43(36)31(2)65-9)58-22-20-56(7)21-23-58)27-50(3,4)30-66-48(63)38-16-13-19-60(54-38)47(62)39(26-42-52-40(33)29-67-42)53-46(61)44(32-14-11-12-15-32)57(8)49(64)55(5)6/h17-18,24-25,28-29,31-32,38-39,44,54H,10-16,19-23,26-27,30H2,1-9H3,(H,53,61)/t31-,38-,39-,44-/m0/s1. The Balaban J connectivity index is 1.23. The number of hydrazine groups is 1. The summed E-state index contributed by atoms with van der Waals surface area (Å²) in [5, 5.41) is 8.34. The van der Waals surface area contributed by atoms with Crippen LogP contribution in [0.3, 0.4) is 0 Å². The number of amides is 4. The molecule has 17 heteroatoms. The maximum absolute atomic E-state index is 14.7. The number of carbonyl (C=O) groups is 4. The Labute approximate surface area is 399 Å². The van der Waals surface area contributed by atoms with Crippen molar-refractivity contribution in [3.8, 4) is 22.5 Å². The monoisotopic (exact) mass is 939 g/mol. The fraction of sp³-hybridized carbons (Fsp3) is 0.600. The van der Waals surface area contributed by atoms with Crippen molar-refractivity contribution >= 4 is 51.7 Å². The van der Waals surface area contributed by atoms with Crippen LogP contribution in [0, 0.1) is 11.3 Å². The summed E-state index contributed by atoms with van der Waals surface area (Å²) in [6, 6.07) is 5.97. The number of esters is 1. The van der Waals surface area contributed by atoms with Gasteiger partial charge in [-0.15, -0.1) is 11.3 Å². The zero-order chi connectivity index (χ0) is 47.7. The molecule has 67 heavy (non-hydrogen) atoms. The number of aromatic nitrogens is 3. The molecule has 4 amide bonds. The topological polar surface area (TPSA) is 158 Å². The van der Waals surface area contributed by atoms with E-state index in [2.05, 4.69) is 77.2 Å². The Hall–Kier alpha value is -5.10. The third-order valence-electron chi connectivity index (χ3n) is 14.3. The van der Waals surface area contributed by atoms with E-state index in [4.69, 9.17) is 19.4 Å². The Morgan fingerprint density at radius 3 is 2.49 bits per heavy atom. The first-order valence-electron chi connectivity index (χ1n) is 24.1. The number of aryl methyl sites for hydroxylation is 1. The molecule has 3 aromatic heterocycles. The van der Waals surface area contributed by atoms with E-state index in [0.717, 1.165) is 102 Å². The van der Waals surface area contributed by atoms with Gasteiger partial charge < -0.3 is 39.0 Å². The number of hydrogen-bond acceptors (Lipinski definition) is 12. The van der Waals surface area contributed by atoms with Gasteiger partial charge in [-0.25, -0.2) is 15.2 Å². The first-order chi connectivity index (χ1) is 32.1. The van der Waals surface area contributed by atoms with Crippen LogP contribution in [0.25, 0.3) is 33.4 Å². The van der Waals surface area contributed by atoms with Gasteiger partial charge in [-0.1, -0.05) is 32.8 Å². The number of fused-ring (bicyclic) bond motifs is 6. The molecular weight excluding hydrogens is 869 g/mol. The number of nitrogens with zero attached hydrogens (tertiary/aromatic N) is 8. The van der Waals surface area contributed by atoms with Gasteiger partial charge in [0.1, 0.15) is 18.1 Å². The molecule has 6 heterocycles. The lowest BCUT2D eigenvalue weighted by Gasteiger charge is -2.37. The number of piperazine rings is 1. The molecule has 0 radical (unpaired) electrons. The first kappa shape index (κ1) is 48.4. The van der Waals surface area contributed by atoms with Crippen molar-refractivity contribution in [2.24, 2.45) is 11.3 Å². The number of thiazole rings is 1. The van der Waals surface area contributed by atoms with Crippen molar-refractivity contribution in [2.45, 2.75) is 110 Å². The van der Waals surface area contributed by atoms with Gasteiger partial charge in [-0.05, 0) is 82.7 Å². The van der Waals surface area contributed by atoms with E-state index in [1.165, 1.54) is 26.1 Å². The molecule has 3 aliphatic heterocycles. The number of urea groups is 1. The highest BCUT2D eigenvalue weighted by atomic mass is 32.1. The van der Waals surface area contributed by atoms with Crippen LogP contribution in [0.4, 0.5) is 10.5 Å². The van der Waals surface area contributed by atoms with E-state index in [1.54, 1.807) is 28.3 Å². The number of likely N-dealkylation sites (N-methyl/N-ethyl adjacent to an activating group) is 2. The minimum atomic E-state index is -1.02. The number of benzene rings is 1. The summed E-state index contributed by atoms with van der Waals surface area (Å²) in [7, 11) is 8.88. The average molecular weight is 939 g/mol. The Morgan fingerprint density at radius 1 is 1.04 bits per heavy atom. The van der Waals surface area contributed by atoms with Crippen LogP contribution in [-0.4, -0.2) is 151 Å². The molecule has 4 atom stereocenters. The molecule has 6 bridgehead atoms. The van der Waals surface area contributed by atoms with Crippen LogP contribution < -0.4 is 15.6 Å². The molecule has 362 valence electrons. The van der Waals surface area contributed by atoms with Gasteiger partial charge in [-0.2, -0.15) is 0 Å². The highest BCUT2D eigenvalue weighted by Gasteiger charge is 2.41. The number of anilines is 1. The summed E-state index contributed by atoms with van der Waals surface area (Å²) in [5.41, 5.74) is 10.6. The number of carbonyl (C=O) groups excluding carboxylic acids is 4. The molecule has 1 saturated carbocycles. The predicted molar refractivity (Wildman–Crippen MR) is 262 cm³/mol. The van der Waals surface area contributed by atoms with E-state index < -0.39 is 29.5 Å². The van der Waals surface area contributed by atoms with E-state index in [-0.39, 0.29) is 42.9 Å². The summed E-state index contributed by atoms with van der Waals surface area (Å²) in [6.07, 6.45) is 7.06. The first-order valence-corrected chi connectivity index (χ1v) is 25.0. The van der Waals surface area contributed by atoms with Gasteiger partial charge in [0.05, 0.1) is 46.7 Å². The largest absolute Gasteiger partial charge is 0.464 e. The number of pyridine rings is 1. The number of ether oxygens (including phenoxy) is 2. The van der Waals surface area contributed by atoms with Gasteiger partial charge in [0, 0.05) is 107 Å². The zero-order valence-corrected chi connectivity index (χ0v) is 41.7. The number of rotatable bonds is 9. The Bertz CT molecular complexity index is 2450. The highest BCUT2D eigenvalue weighted by Crippen LogP contribution is 2.43. The second kappa shape index (κ2) is 20.2. The van der Waals surface area contributed by atoms with Crippen LogP contribution in [-0.2, 0) is 43.2 Å². The van der Waals surface area contributed by atoms with E-state index in [0.29, 0.717) is 37.4 Å². The van der Waals surface area contributed by atoms with Crippen molar-refractivity contribution in [1.82, 2.24) is 45.0 Å². The minimum Gasteiger partial charge on any atom is -0.464 e. The lowest BCUT2D eigenvalue weighted by atomic mass is 9.84. The molecule has 0 unspecified atom stereocenters. The molecule has 4 aliphatic rings. The lowest BCUT2D eigenvalue weighted by Crippen LogP contribution is -2.62. The van der Waals surface area contributed by atoms with Crippen LogP contribution >= 0.6 is 11.3 Å². The van der Waals surface area contributed by atoms with Crippen LogP contribution in [0.1, 0.15) is 88.6 Å².